The standard InChI is InChI=1S/C19H32FN5.HI/c1-4-5-11-23(3)19(21-2)22-10-12-24-13-15-25(16-14-24)18-8-6-17(20)7-9-18;/h6-9H,4-5,10-16H2,1-3H3,(H,21,22);1H. The third-order valence-corrected chi connectivity index (χ3v) is 4.70. The van der Waals surface area contributed by atoms with E-state index in [2.05, 4.69) is 39.0 Å². The lowest BCUT2D eigenvalue weighted by molar-refractivity contribution is 0.260. The van der Waals surface area contributed by atoms with Crippen LogP contribution >= 0.6 is 24.0 Å². The number of nitrogens with one attached hydrogen (secondary N) is 1. The summed E-state index contributed by atoms with van der Waals surface area (Å²) in [6.45, 7) is 9.18. The maximum atomic E-state index is 13.0. The van der Waals surface area contributed by atoms with Crippen LogP contribution in [0.3, 0.4) is 0 Å². The molecule has 0 atom stereocenters. The first-order chi connectivity index (χ1) is 12.1. The average Bonchev–Trinajstić information content (AvgIpc) is 2.64. The lowest BCUT2D eigenvalue weighted by atomic mass is 10.2. The highest BCUT2D eigenvalue weighted by molar-refractivity contribution is 14.0. The van der Waals surface area contributed by atoms with Crippen LogP contribution in [0.15, 0.2) is 29.3 Å². The van der Waals surface area contributed by atoms with Gasteiger partial charge in [0.2, 0.25) is 0 Å². The number of halogens is 2. The van der Waals surface area contributed by atoms with Crippen molar-refractivity contribution in [1.82, 2.24) is 15.1 Å². The van der Waals surface area contributed by atoms with Crippen LogP contribution in [0, 0.1) is 5.82 Å². The molecule has 1 saturated heterocycles. The number of hydrogen-bond acceptors (Lipinski definition) is 3. The molecule has 0 radical (unpaired) electrons. The number of unbranched alkanes of at least 4 members (excludes halogenated alkanes) is 1. The maximum Gasteiger partial charge on any atom is 0.193 e. The third kappa shape index (κ3) is 7.26. The first-order valence-electron chi connectivity index (χ1n) is 9.28. The number of piperazine rings is 1. The van der Waals surface area contributed by atoms with Crippen molar-refractivity contribution >= 4 is 35.6 Å². The van der Waals surface area contributed by atoms with Gasteiger partial charge in [0.15, 0.2) is 5.96 Å². The van der Waals surface area contributed by atoms with Crippen LogP contribution in [0.25, 0.3) is 0 Å². The van der Waals surface area contributed by atoms with E-state index in [1.165, 1.54) is 25.0 Å². The Hall–Kier alpha value is -1.09. The van der Waals surface area contributed by atoms with E-state index in [-0.39, 0.29) is 29.8 Å². The fourth-order valence-electron chi connectivity index (χ4n) is 3.09. The molecule has 148 valence electrons. The fourth-order valence-corrected chi connectivity index (χ4v) is 3.09. The van der Waals surface area contributed by atoms with Crippen molar-refractivity contribution in [3.05, 3.63) is 30.1 Å². The Balaban J connectivity index is 0.00000338. The van der Waals surface area contributed by atoms with Crippen LogP contribution in [-0.2, 0) is 0 Å². The normalized spacial score (nSPS) is 15.5. The van der Waals surface area contributed by atoms with Crippen molar-refractivity contribution in [1.29, 1.82) is 0 Å². The quantitative estimate of drug-likeness (QED) is 0.372. The van der Waals surface area contributed by atoms with E-state index in [1.807, 2.05) is 19.2 Å². The monoisotopic (exact) mass is 477 g/mol. The Kier molecular flexibility index (Phi) is 10.9. The largest absolute Gasteiger partial charge is 0.369 e. The van der Waals surface area contributed by atoms with E-state index in [0.717, 1.165) is 57.5 Å². The summed E-state index contributed by atoms with van der Waals surface area (Å²) in [5.41, 5.74) is 1.11. The van der Waals surface area contributed by atoms with Crippen molar-refractivity contribution in [2.24, 2.45) is 4.99 Å². The minimum Gasteiger partial charge on any atom is -0.369 e. The van der Waals surface area contributed by atoms with Crippen LogP contribution in [0.1, 0.15) is 19.8 Å². The lowest BCUT2D eigenvalue weighted by Crippen LogP contribution is -2.49. The lowest BCUT2D eigenvalue weighted by Gasteiger charge is -2.36. The Morgan fingerprint density at radius 3 is 2.42 bits per heavy atom. The molecule has 1 heterocycles. The molecule has 0 amide bonds. The van der Waals surface area contributed by atoms with Crippen LogP contribution in [0.4, 0.5) is 10.1 Å². The summed E-state index contributed by atoms with van der Waals surface area (Å²) >= 11 is 0. The molecule has 1 aromatic carbocycles. The molecular weight excluding hydrogens is 444 g/mol. The summed E-state index contributed by atoms with van der Waals surface area (Å²) in [4.78, 5) is 11.3. The van der Waals surface area contributed by atoms with Crippen LogP contribution in [0.5, 0.6) is 0 Å². The van der Waals surface area contributed by atoms with Crippen molar-refractivity contribution in [3.8, 4) is 0 Å². The topological polar surface area (TPSA) is 34.1 Å². The number of hydrogen-bond donors (Lipinski definition) is 1. The second-order valence-electron chi connectivity index (χ2n) is 6.55. The molecule has 0 aliphatic carbocycles. The first kappa shape index (κ1) is 23.0. The van der Waals surface area contributed by atoms with Gasteiger partial charge in [0.1, 0.15) is 5.82 Å². The molecule has 0 bridgehead atoms. The van der Waals surface area contributed by atoms with Gasteiger partial charge in [-0.15, -0.1) is 24.0 Å². The summed E-state index contributed by atoms with van der Waals surface area (Å²) in [5.74, 6) is 0.796. The zero-order chi connectivity index (χ0) is 18.1. The van der Waals surface area contributed by atoms with E-state index >= 15 is 0 Å². The van der Waals surface area contributed by atoms with E-state index < -0.39 is 0 Å². The highest BCUT2D eigenvalue weighted by Gasteiger charge is 2.17. The van der Waals surface area contributed by atoms with Gasteiger partial charge in [-0.1, -0.05) is 13.3 Å². The molecule has 0 aromatic heterocycles. The van der Waals surface area contributed by atoms with Gasteiger partial charge in [-0.05, 0) is 30.7 Å². The molecule has 1 fully saturated rings. The number of rotatable bonds is 7. The van der Waals surface area contributed by atoms with Gasteiger partial charge in [-0.3, -0.25) is 9.89 Å². The Bertz CT molecular complexity index is 529. The van der Waals surface area contributed by atoms with E-state index in [9.17, 15) is 4.39 Å². The fraction of sp³-hybridized carbons (Fsp3) is 0.632. The van der Waals surface area contributed by atoms with Gasteiger partial charge in [-0.2, -0.15) is 0 Å². The Labute approximate surface area is 174 Å². The summed E-state index contributed by atoms with van der Waals surface area (Å²) in [6.07, 6.45) is 2.38. The molecule has 1 aliphatic rings. The molecule has 26 heavy (non-hydrogen) atoms. The maximum absolute atomic E-state index is 13.0. The molecule has 1 aliphatic heterocycles. The van der Waals surface area contributed by atoms with Crippen molar-refractivity contribution in [3.63, 3.8) is 0 Å². The number of guanidine groups is 1. The molecule has 0 saturated carbocycles. The molecule has 2 rings (SSSR count). The number of benzene rings is 1. The summed E-state index contributed by atoms with van der Waals surface area (Å²) in [6, 6.07) is 6.80. The van der Waals surface area contributed by atoms with Gasteiger partial charge in [-0.25, -0.2) is 4.39 Å². The summed E-state index contributed by atoms with van der Waals surface area (Å²) in [7, 11) is 3.93. The molecule has 5 nitrogen and oxygen atoms in total. The van der Waals surface area contributed by atoms with Gasteiger partial charge in [0, 0.05) is 65.6 Å². The van der Waals surface area contributed by atoms with Gasteiger partial charge in [0.25, 0.3) is 0 Å². The Morgan fingerprint density at radius 2 is 1.85 bits per heavy atom. The van der Waals surface area contributed by atoms with Gasteiger partial charge < -0.3 is 15.1 Å². The molecule has 7 heteroatoms. The van der Waals surface area contributed by atoms with Gasteiger partial charge >= 0.3 is 0 Å². The van der Waals surface area contributed by atoms with Gasteiger partial charge in [0.05, 0.1) is 0 Å². The van der Waals surface area contributed by atoms with Crippen molar-refractivity contribution in [2.45, 2.75) is 19.8 Å². The SMILES string of the molecule is CCCCN(C)C(=NC)NCCN1CCN(c2ccc(F)cc2)CC1.I. The van der Waals surface area contributed by atoms with Crippen molar-refractivity contribution < 1.29 is 4.39 Å². The highest BCUT2D eigenvalue weighted by atomic mass is 127. The third-order valence-electron chi connectivity index (χ3n) is 4.70. The highest BCUT2D eigenvalue weighted by Crippen LogP contribution is 2.16. The zero-order valence-corrected chi connectivity index (χ0v) is 18.6. The molecule has 0 spiro atoms. The second-order valence-corrected chi connectivity index (χ2v) is 6.55. The smallest absolute Gasteiger partial charge is 0.193 e. The summed E-state index contributed by atoms with van der Waals surface area (Å²) < 4.78 is 13.0. The molecule has 1 aromatic rings. The average molecular weight is 477 g/mol. The van der Waals surface area contributed by atoms with Crippen LogP contribution < -0.4 is 10.2 Å². The molecule has 1 N–H and O–H groups in total. The van der Waals surface area contributed by atoms with Crippen LogP contribution in [0.2, 0.25) is 0 Å². The minimum atomic E-state index is -0.175. The number of nitrogens with zero attached hydrogens (tertiary/aromatic N) is 4. The van der Waals surface area contributed by atoms with Crippen LogP contribution in [-0.4, -0.2) is 75.7 Å². The molecule has 0 unspecified atom stereocenters. The Morgan fingerprint density at radius 1 is 1.19 bits per heavy atom. The van der Waals surface area contributed by atoms with E-state index in [4.69, 9.17) is 0 Å². The predicted octanol–water partition coefficient (Wildman–Crippen LogP) is 2.87. The summed E-state index contributed by atoms with van der Waals surface area (Å²) in [5, 5.41) is 3.45. The number of aliphatic imine (C=N–C) groups is 1. The van der Waals surface area contributed by atoms with E-state index in [1.54, 1.807) is 0 Å². The van der Waals surface area contributed by atoms with E-state index in [0.29, 0.717) is 0 Å². The second kappa shape index (κ2) is 12.3. The first-order valence-corrected chi connectivity index (χ1v) is 9.28. The molecular formula is C19H33FIN5. The zero-order valence-electron chi connectivity index (χ0n) is 16.2. The minimum absolute atomic E-state index is 0. The van der Waals surface area contributed by atoms with Crippen molar-refractivity contribution in [2.75, 3.05) is 64.8 Å². The predicted molar refractivity (Wildman–Crippen MR) is 119 cm³/mol. The number of anilines is 1.